The predicted molar refractivity (Wildman–Crippen MR) is 119 cm³/mol. The lowest BCUT2D eigenvalue weighted by Crippen LogP contribution is -2.15. The molecule has 0 bridgehead atoms. The van der Waals surface area contributed by atoms with Crippen molar-refractivity contribution in [3.63, 3.8) is 0 Å². The minimum Gasteiger partial charge on any atom is -0.486 e. The molecular formula is C26H28FNO2. The van der Waals surface area contributed by atoms with Crippen LogP contribution in [-0.2, 0) is 17.9 Å². The summed E-state index contributed by atoms with van der Waals surface area (Å²) in [7, 11) is 0. The summed E-state index contributed by atoms with van der Waals surface area (Å²) < 4.78 is 20.3. The lowest BCUT2D eigenvalue weighted by atomic mass is 9.97. The molecule has 4 heteroatoms. The van der Waals surface area contributed by atoms with Crippen LogP contribution in [0.4, 0.5) is 4.39 Å². The van der Waals surface area contributed by atoms with Gasteiger partial charge in [0, 0.05) is 13.0 Å². The number of nitrogens with one attached hydrogen (secondary N) is 1. The van der Waals surface area contributed by atoms with Crippen LogP contribution in [0.3, 0.4) is 0 Å². The summed E-state index contributed by atoms with van der Waals surface area (Å²) in [6.45, 7) is 5.27. The molecule has 0 aliphatic heterocycles. The summed E-state index contributed by atoms with van der Waals surface area (Å²) >= 11 is 0. The Bertz CT molecular complexity index is 986. The summed E-state index contributed by atoms with van der Waals surface area (Å²) in [5.74, 6) is 0.0728. The van der Waals surface area contributed by atoms with Gasteiger partial charge in [0.05, 0.1) is 0 Å². The molecule has 3 aromatic rings. The number of rotatable bonds is 10. The third kappa shape index (κ3) is 6.01. The van der Waals surface area contributed by atoms with Crippen molar-refractivity contribution in [2.45, 2.75) is 39.8 Å². The molecule has 3 aromatic carbocycles. The van der Waals surface area contributed by atoms with E-state index in [2.05, 4.69) is 30.4 Å². The molecule has 0 unspecified atom stereocenters. The molecule has 0 heterocycles. The number of carbonyl (C=O) groups is 1. The van der Waals surface area contributed by atoms with Gasteiger partial charge in [0.25, 0.3) is 0 Å². The third-order valence-electron chi connectivity index (χ3n) is 5.12. The molecule has 0 aliphatic carbocycles. The third-order valence-corrected chi connectivity index (χ3v) is 5.12. The molecule has 0 radical (unpaired) electrons. The number of benzene rings is 3. The van der Waals surface area contributed by atoms with E-state index in [0.717, 1.165) is 40.8 Å². The van der Waals surface area contributed by atoms with Gasteiger partial charge >= 0.3 is 0 Å². The predicted octanol–water partition coefficient (Wildman–Crippen LogP) is 5.84. The highest BCUT2D eigenvalue weighted by molar-refractivity contribution is 5.75. The molecule has 0 saturated carbocycles. The van der Waals surface area contributed by atoms with Crippen LogP contribution >= 0.6 is 0 Å². The van der Waals surface area contributed by atoms with Gasteiger partial charge < -0.3 is 14.8 Å². The Hall–Kier alpha value is -2.98. The quantitative estimate of drug-likeness (QED) is 0.431. The van der Waals surface area contributed by atoms with Crippen molar-refractivity contribution in [1.29, 1.82) is 0 Å². The van der Waals surface area contributed by atoms with E-state index in [9.17, 15) is 9.18 Å². The maximum absolute atomic E-state index is 14.5. The van der Waals surface area contributed by atoms with Crippen LogP contribution in [0.25, 0.3) is 11.1 Å². The van der Waals surface area contributed by atoms with Crippen LogP contribution in [0.15, 0.2) is 66.7 Å². The highest BCUT2D eigenvalue weighted by Crippen LogP contribution is 2.27. The molecule has 0 atom stereocenters. The van der Waals surface area contributed by atoms with Crippen molar-refractivity contribution < 1.29 is 13.9 Å². The molecule has 156 valence electrons. The van der Waals surface area contributed by atoms with Gasteiger partial charge in [-0.25, -0.2) is 4.39 Å². The van der Waals surface area contributed by atoms with E-state index in [1.54, 1.807) is 13.0 Å². The SMILES string of the molecule is CC(=O)CCCNCc1ccc(OCc2cccc(-c3ccccc3)c2C)c(F)c1. The fourth-order valence-corrected chi connectivity index (χ4v) is 3.39. The second kappa shape index (κ2) is 10.7. The zero-order chi connectivity index (χ0) is 21.3. The van der Waals surface area contributed by atoms with Crippen LogP contribution in [-0.4, -0.2) is 12.3 Å². The molecule has 3 rings (SSSR count). The fraction of sp³-hybridized carbons (Fsp3) is 0.269. The van der Waals surface area contributed by atoms with Crippen molar-refractivity contribution >= 4 is 5.78 Å². The van der Waals surface area contributed by atoms with Gasteiger partial charge in [-0.15, -0.1) is 0 Å². The van der Waals surface area contributed by atoms with Crippen LogP contribution in [0, 0.1) is 12.7 Å². The van der Waals surface area contributed by atoms with Gasteiger partial charge in [0.2, 0.25) is 0 Å². The van der Waals surface area contributed by atoms with E-state index in [4.69, 9.17) is 4.74 Å². The molecule has 30 heavy (non-hydrogen) atoms. The average Bonchev–Trinajstić information content (AvgIpc) is 2.74. The van der Waals surface area contributed by atoms with Gasteiger partial charge in [-0.05, 0) is 66.8 Å². The molecule has 0 saturated heterocycles. The Balaban J connectivity index is 1.59. The van der Waals surface area contributed by atoms with E-state index >= 15 is 0 Å². The van der Waals surface area contributed by atoms with Crippen molar-refractivity contribution in [2.75, 3.05) is 6.54 Å². The first-order valence-electron chi connectivity index (χ1n) is 10.3. The number of hydrogen-bond acceptors (Lipinski definition) is 3. The number of ketones is 1. The van der Waals surface area contributed by atoms with Gasteiger partial charge in [-0.3, -0.25) is 0 Å². The standard InChI is InChI=1S/C26H28FNO2/c1-19(29)8-7-15-28-17-21-13-14-26(25(27)16-21)30-18-23-11-6-12-24(20(23)2)22-9-4-3-5-10-22/h3-6,9-14,16,28H,7-8,15,17-18H2,1-2H3. The molecule has 0 aliphatic rings. The Morgan fingerprint density at radius 2 is 1.83 bits per heavy atom. The molecule has 3 nitrogen and oxygen atoms in total. The summed E-state index contributed by atoms with van der Waals surface area (Å²) in [6.07, 6.45) is 1.36. The first-order chi connectivity index (χ1) is 14.5. The van der Waals surface area contributed by atoms with Crippen LogP contribution in [0.2, 0.25) is 0 Å². The largest absolute Gasteiger partial charge is 0.486 e. The average molecular weight is 406 g/mol. The molecule has 0 fully saturated rings. The number of Topliss-reactive ketones (excluding diaryl/α,β-unsaturated/α-hetero) is 1. The Labute approximate surface area is 177 Å². The van der Waals surface area contributed by atoms with Crippen LogP contribution < -0.4 is 10.1 Å². The van der Waals surface area contributed by atoms with Gasteiger partial charge in [0.15, 0.2) is 11.6 Å². The van der Waals surface area contributed by atoms with Crippen molar-refractivity contribution in [3.05, 3.63) is 89.2 Å². The van der Waals surface area contributed by atoms with Gasteiger partial charge in [-0.1, -0.05) is 54.6 Å². The Morgan fingerprint density at radius 1 is 1.03 bits per heavy atom. The minimum absolute atomic E-state index is 0.189. The highest BCUT2D eigenvalue weighted by Gasteiger charge is 2.09. The fourth-order valence-electron chi connectivity index (χ4n) is 3.39. The highest BCUT2D eigenvalue weighted by atomic mass is 19.1. The zero-order valence-electron chi connectivity index (χ0n) is 17.6. The first-order valence-corrected chi connectivity index (χ1v) is 10.3. The van der Waals surface area contributed by atoms with Crippen LogP contribution in [0.1, 0.15) is 36.5 Å². The second-order valence-corrected chi connectivity index (χ2v) is 7.49. The van der Waals surface area contributed by atoms with E-state index in [0.29, 0.717) is 19.6 Å². The maximum atomic E-state index is 14.5. The Morgan fingerprint density at radius 3 is 2.57 bits per heavy atom. The summed E-state index contributed by atoms with van der Waals surface area (Å²) in [5, 5.41) is 3.23. The monoisotopic (exact) mass is 405 g/mol. The molecule has 0 amide bonds. The molecule has 0 aromatic heterocycles. The van der Waals surface area contributed by atoms with Crippen molar-refractivity contribution in [2.24, 2.45) is 0 Å². The molecule has 1 N–H and O–H groups in total. The van der Waals surface area contributed by atoms with E-state index < -0.39 is 0 Å². The molecule has 0 spiro atoms. The smallest absolute Gasteiger partial charge is 0.165 e. The number of carbonyl (C=O) groups excluding carboxylic acids is 1. The van der Waals surface area contributed by atoms with E-state index in [-0.39, 0.29) is 17.3 Å². The summed E-state index contributed by atoms with van der Waals surface area (Å²) in [5.41, 5.74) is 5.33. The number of halogens is 1. The van der Waals surface area contributed by atoms with E-state index in [1.807, 2.05) is 36.4 Å². The first kappa shape index (κ1) is 21.7. The topological polar surface area (TPSA) is 38.3 Å². The van der Waals surface area contributed by atoms with Gasteiger partial charge in [0.1, 0.15) is 12.4 Å². The van der Waals surface area contributed by atoms with Crippen molar-refractivity contribution in [3.8, 4) is 16.9 Å². The van der Waals surface area contributed by atoms with Gasteiger partial charge in [-0.2, -0.15) is 0 Å². The normalized spacial score (nSPS) is 10.8. The Kier molecular flexibility index (Phi) is 7.75. The number of ether oxygens (including phenoxy) is 1. The zero-order valence-corrected chi connectivity index (χ0v) is 17.6. The number of hydrogen-bond donors (Lipinski definition) is 1. The maximum Gasteiger partial charge on any atom is 0.165 e. The van der Waals surface area contributed by atoms with Crippen LogP contribution in [0.5, 0.6) is 5.75 Å². The lowest BCUT2D eigenvalue weighted by Gasteiger charge is -2.14. The lowest BCUT2D eigenvalue weighted by molar-refractivity contribution is -0.117. The summed E-state index contributed by atoms with van der Waals surface area (Å²) in [4.78, 5) is 10.9. The minimum atomic E-state index is -0.366. The second-order valence-electron chi connectivity index (χ2n) is 7.49. The van der Waals surface area contributed by atoms with Crippen molar-refractivity contribution in [1.82, 2.24) is 5.32 Å². The molecular weight excluding hydrogens is 377 g/mol. The summed E-state index contributed by atoms with van der Waals surface area (Å²) in [6, 6.07) is 21.4. The van der Waals surface area contributed by atoms with E-state index in [1.165, 1.54) is 6.07 Å².